The minimum Gasteiger partial charge on any atom is -0.343 e. The zero-order valence-corrected chi connectivity index (χ0v) is 6.41. The van der Waals surface area contributed by atoms with E-state index < -0.39 is 0 Å². The molecule has 0 N–H and O–H groups in total. The van der Waals surface area contributed by atoms with E-state index in [1.54, 1.807) is 0 Å². The summed E-state index contributed by atoms with van der Waals surface area (Å²) in [5.74, 6) is 0. The fourth-order valence-electron chi connectivity index (χ4n) is 0.202. The number of hydrogen-bond acceptors (Lipinski definition) is 1. The van der Waals surface area contributed by atoms with Gasteiger partial charge < -0.3 is 4.74 Å². The van der Waals surface area contributed by atoms with E-state index in [-0.39, 0.29) is 3.42 Å². The molecule has 1 saturated heterocycles. The van der Waals surface area contributed by atoms with E-state index in [9.17, 15) is 0 Å². The van der Waals surface area contributed by atoms with Crippen molar-refractivity contribution in [1.82, 2.24) is 0 Å². The van der Waals surface area contributed by atoms with Gasteiger partial charge in [0.25, 0.3) is 0 Å². The van der Waals surface area contributed by atoms with Gasteiger partial charge in [-0.2, -0.15) is 0 Å². The van der Waals surface area contributed by atoms with Crippen LogP contribution in [0.2, 0.25) is 0 Å². The van der Waals surface area contributed by atoms with Crippen molar-refractivity contribution >= 4 is 31.9 Å². The Kier molecular flexibility index (Phi) is 1.01. The third-order valence-corrected chi connectivity index (χ3v) is 2.41. The van der Waals surface area contributed by atoms with Gasteiger partial charge in [0, 0.05) is 0 Å². The Hall–Kier alpha value is 0.920. The molecule has 1 fully saturated rings. The van der Waals surface area contributed by atoms with Crippen LogP contribution in [0.15, 0.2) is 0 Å². The van der Waals surface area contributed by atoms with E-state index in [0.29, 0.717) is 6.10 Å². The number of hydrogen-bond donors (Lipinski definition) is 0. The molecule has 0 aromatic rings. The maximum atomic E-state index is 4.94. The first-order valence-electron chi connectivity index (χ1n) is 1.68. The van der Waals surface area contributed by atoms with E-state index in [2.05, 4.69) is 31.9 Å². The Morgan fingerprint density at radius 3 is 1.83 bits per heavy atom. The van der Waals surface area contributed by atoms with Crippen molar-refractivity contribution in [1.29, 1.82) is 0 Å². The fraction of sp³-hybridized carbons (Fsp3) is 1.00. The first kappa shape index (κ1) is 5.06. The SMILES string of the molecule is CC1OC1(Br)Br. The van der Waals surface area contributed by atoms with Crippen LogP contribution < -0.4 is 0 Å². The van der Waals surface area contributed by atoms with Crippen LogP contribution in [0.4, 0.5) is 0 Å². The van der Waals surface area contributed by atoms with Gasteiger partial charge in [0.1, 0.15) is 6.10 Å². The third kappa shape index (κ3) is 0.768. The van der Waals surface area contributed by atoms with Crippen molar-refractivity contribution in [2.24, 2.45) is 0 Å². The van der Waals surface area contributed by atoms with Gasteiger partial charge in [-0.15, -0.1) is 0 Å². The van der Waals surface area contributed by atoms with Crippen LogP contribution in [0.5, 0.6) is 0 Å². The summed E-state index contributed by atoms with van der Waals surface area (Å²) in [4.78, 5) is 0. The third-order valence-electron chi connectivity index (χ3n) is 0.750. The molecule has 0 saturated carbocycles. The molecule has 0 aliphatic carbocycles. The van der Waals surface area contributed by atoms with Gasteiger partial charge in [-0.05, 0) is 38.8 Å². The molecule has 0 spiro atoms. The zero-order valence-electron chi connectivity index (χ0n) is 3.24. The van der Waals surface area contributed by atoms with Gasteiger partial charge in [-0.25, -0.2) is 0 Å². The Bertz CT molecular complexity index is 71.2. The van der Waals surface area contributed by atoms with Gasteiger partial charge in [0.2, 0.25) is 3.42 Å². The quantitative estimate of drug-likeness (QED) is 0.444. The first-order valence-corrected chi connectivity index (χ1v) is 3.27. The van der Waals surface area contributed by atoms with Crippen molar-refractivity contribution in [3.05, 3.63) is 0 Å². The average molecular weight is 216 g/mol. The molecular formula is C3H4Br2O. The molecular weight excluding hydrogens is 212 g/mol. The topological polar surface area (TPSA) is 12.5 Å². The molecule has 1 aliphatic rings. The van der Waals surface area contributed by atoms with Crippen molar-refractivity contribution in [2.45, 2.75) is 16.4 Å². The molecule has 1 unspecified atom stereocenters. The number of halogens is 2. The number of ether oxygens (including phenoxy) is 1. The summed E-state index contributed by atoms with van der Waals surface area (Å²) < 4.78 is 4.77. The van der Waals surface area contributed by atoms with Crippen molar-refractivity contribution < 1.29 is 4.74 Å². The summed E-state index contributed by atoms with van der Waals surface area (Å²) in [5, 5.41) is 0. The monoisotopic (exact) mass is 214 g/mol. The molecule has 0 bridgehead atoms. The summed E-state index contributed by atoms with van der Waals surface area (Å²) in [6.45, 7) is 1.99. The Labute approximate surface area is 53.3 Å². The molecule has 3 heteroatoms. The lowest BCUT2D eigenvalue weighted by molar-refractivity contribution is 0.408. The second kappa shape index (κ2) is 1.20. The smallest absolute Gasteiger partial charge is 0.204 e. The lowest BCUT2D eigenvalue weighted by atomic mass is 10.6. The van der Waals surface area contributed by atoms with Crippen LogP contribution in [0, 0.1) is 0 Å². The minimum atomic E-state index is -0.167. The number of epoxide rings is 1. The molecule has 36 valence electrons. The molecule has 1 heterocycles. The summed E-state index contributed by atoms with van der Waals surface area (Å²) in [6.07, 6.45) is 0.331. The van der Waals surface area contributed by atoms with Crippen LogP contribution in [0.25, 0.3) is 0 Å². The number of alkyl halides is 2. The van der Waals surface area contributed by atoms with E-state index >= 15 is 0 Å². The van der Waals surface area contributed by atoms with Gasteiger partial charge >= 0.3 is 0 Å². The predicted molar refractivity (Wildman–Crippen MR) is 31.1 cm³/mol. The fourth-order valence-corrected chi connectivity index (χ4v) is 0.762. The van der Waals surface area contributed by atoms with Crippen LogP contribution in [-0.4, -0.2) is 9.52 Å². The van der Waals surface area contributed by atoms with Gasteiger partial charge in [0.15, 0.2) is 0 Å². The Balaban J connectivity index is 2.41. The predicted octanol–water partition coefficient (Wildman–Crippen LogP) is 1.85. The maximum Gasteiger partial charge on any atom is 0.204 e. The largest absolute Gasteiger partial charge is 0.343 e. The van der Waals surface area contributed by atoms with Crippen molar-refractivity contribution in [3.63, 3.8) is 0 Å². The second-order valence-electron chi connectivity index (χ2n) is 1.32. The number of rotatable bonds is 0. The maximum absolute atomic E-state index is 4.94. The molecule has 1 nitrogen and oxygen atoms in total. The summed E-state index contributed by atoms with van der Waals surface area (Å²) in [7, 11) is 0. The summed E-state index contributed by atoms with van der Waals surface area (Å²) in [6, 6.07) is 0. The average Bonchev–Trinajstić information content (AvgIpc) is 1.73. The van der Waals surface area contributed by atoms with E-state index in [0.717, 1.165) is 0 Å². The highest BCUT2D eigenvalue weighted by Gasteiger charge is 2.48. The molecule has 0 aromatic carbocycles. The molecule has 0 radical (unpaired) electrons. The minimum absolute atomic E-state index is 0.167. The van der Waals surface area contributed by atoms with Gasteiger partial charge in [-0.1, -0.05) is 0 Å². The van der Waals surface area contributed by atoms with Gasteiger partial charge in [-0.3, -0.25) is 0 Å². The highest BCUT2D eigenvalue weighted by molar-refractivity contribution is 9.25. The Morgan fingerprint density at radius 1 is 1.67 bits per heavy atom. The van der Waals surface area contributed by atoms with E-state index in [1.807, 2.05) is 6.92 Å². The Morgan fingerprint density at radius 2 is 1.83 bits per heavy atom. The summed E-state index contributed by atoms with van der Waals surface area (Å²) >= 11 is 6.49. The lowest BCUT2D eigenvalue weighted by Crippen LogP contribution is -1.84. The summed E-state index contributed by atoms with van der Waals surface area (Å²) in [5.41, 5.74) is 0. The van der Waals surface area contributed by atoms with Gasteiger partial charge in [0.05, 0.1) is 0 Å². The molecule has 1 rings (SSSR count). The van der Waals surface area contributed by atoms with E-state index in [1.165, 1.54) is 0 Å². The van der Waals surface area contributed by atoms with Crippen molar-refractivity contribution in [3.8, 4) is 0 Å². The molecule has 6 heavy (non-hydrogen) atoms. The first-order chi connectivity index (χ1) is 2.63. The van der Waals surface area contributed by atoms with Crippen molar-refractivity contribution in [2.75, 3.05) is 0 Å². The normalized spacial score (nSPS) is 39.5. The molecule has 0 amide bonds. The van der Waals surface area contributed by atoms with Crippen LogP contribution >= 0.6 is 31.9 Å². The van der Waals surface area contributed by atoms with Crippen LogP contribution in [0.3, 0.4) is 0 Å². The van der Waals surface area contributed by atoms with Crippen LogP contribution in [0.1, 0.15) is 6.92 Å². The molecule has 0 aromatic heterocycles. The van der Waals surface area contributed by atoms with Crippen LogP contribution in [-0.2, 0) is 4.74 Å². The molecule has 1 aliphatic heterocycles. The standard InChI is InChI=1S/C3H4Br2O/c1-2-3(4,5)6-2/h2H,1H3. The second-order valence-corrected chi connectivity index (χ2v) is 4.74. The highest BCUT2D eigenvalue weighted by atomic mass is 79.9. The van der Waals surface area contributed by atoms with E-state index in [4.69, 9.17) is 4.74 Å². The lowest BCUT2D eigenvalue weighted by Gasteiger charge is -1.78. The highest BCUT2D eigenvalue weighted by Crippen LogP contribution is 2.47. The molecule has 1 atom stereocenters. The zero-order chi connectivity index (χ0) is 4.78.